The van der Waals surface area contributed by atoms with Crippen molar-refractivity contribution >= 4 is 69.1 Å². The Kier molecular flexibility index (Phi) is 7.76. The molecular weight excluding hydrogens is 560 g/mol. The van der Waals surface area contributed by atoms with Gasteiger partial charge in [0.25, 0.3) is 5.91 Å². The van der Waals surface area contributed by atoms with Gasteiger partial charge in [-0.15, -0.1) is 0 Å². The highest BCUT2D eigenvalue weighted by Gasteiger charge is 2.43. The first-order chi connectivity index (χ1) is 20.0. The molecule has 1 N–H and O–H groups in total. The lowest BCUT2D eigenvalue weighted by Gasteiger charge is -2.37. The maximum atomic E-state index is 13.4. The van der Waals surface area contributed by atoms with E-state index in [2.05, 4.69) is 27.3 Å². The Hall–Kier alpha value is -4.15. The topological polar surface area (TPSA) is 97.7 Å². The number of benzene rings is 3. The van der Waals surface area contributed by atoms with Crippen molar-refractivity contribution in [2.24, 2.45) is 9.98 Å². The summed E-state index contributed by atoms with van der Waals surface area (Å²) in [6.07, 6.45) is -0.0202. The molecule has 0 aromatic heterocycles. The standard InChI is InChI=1S/C30H27ClN6O3S/c31-20-7-6-8-21(17-20)32-26(38)19-41-30-33-24-12-5-4-11-23(24)28-34-29(40)25(37(28)30)18-27(39)36-15-13-35(14-16-36)22-9-2-1-3-10-22/h1-12,17,25H,13-16,18-19H2,(H,32,38). The number of halogens is 1. The van der Waals surface area contributed by atoms with Crippen molar-refractivity contribution < 1.29 is 14.4 Å². The molecule has 0 aliphatic carbocycles. The third-order valence-corrected chi connectivity index (χ3v) is 8.36. The van der Waals surface area contributed by atoms with Crippen molar-refractivity contribution in [2.45, 2.75) is 12.5 Å². The average Bonchev–Trinajstić information content (AvgIpc) is 3.32. The van der Waals surface area contributed by atoms with Gasteiger partial charge in [0, 0.05) is 48.1 Å². The van der Waals surface area contributed by atoms with Crippen LogP contribution in [0.3, 0.4) is 0 Å². The summed E-state index contributed by atoms with van der Waals surface area (Å²) in [5.74, 6) is -0.219. The van der Waals surface area contributed by atoms with E-state index in [0.29, 0.717) is 40.5 Å². The second-order valence-corrected chi connectivity index (χ2v) is 11.2. The fraction of sp³-hybridized carbons (Fsp3) is 0.233. The molecule has 1 atom stereocenters. The number of amides is 3. The van der Waals surface area contributed by atoms with Gasteiger partial charge >= 0.3 is 0 Å². The number of carbonyl (C=O) groups is 3. The number of hydrogen-bond acceptors (Lipinski definition) is 7. The highest BCUT2D eigenvalue weighted by atomic mass is 35.5. The monoisotopic (exact) mass is 586 g/mol. The van der Waals surface area contributed by atoms with Crippen molar-refractivity contribution in [2.75, 3.05) is 42.1 Å². The van der Waals surface area contributed by atoms with Crippen molar-refractivity contribution in [3.8, 4) is 0 Å². The molecule has 1 saturated heterocycles. The molecule has 0 saturated carbocycles. The summed E-state index contributed by atoms with van der Waals surface area (Å²) in [6.45, 7) is 2.59. The molecule has 6 rings (SSSR count). The van der Waals surface area contributed by atoms with E-state index in [0.717, 1.165) is 24.3 Å². The summed E-state index contributed by atoms with van der Waals surface area (Å²) in [5, 5.41) is 3.81. The molecule has 208 valence electrons. The normalized spacial score (nSPS) is 17.9. The largest absolute Gasteiger partial charge is 0.368 e. The van der Waals surface area contributed by atoms with Crippen LogP contribution in [-0.2, 0) is 14.4 Å². The van der Waals surface area contributed by atoms with Crippen LogP contribution < -0.4 is 10.2 Å². The molecule has 3 aliphatic rings. The van der Waals surface area contributed by atoms with Crippen molar-refractivity contribution in [3.63, 3.8) is 0 Å². The lowest BCUT2D eigenvalue weighted by molar-refractivity contribution is -0.134. The molecule has 0 radical (unpaired) electrons. The zero-order valence-corrected chi connectivity index (χ0v) is 23.6. The Morgan fingerprint density at radius 2 is 1.68 bits per heavy atom. The van der Waals surface area contributed by atoms with Crippen LogP contribution in [0.5, 0.6) is 0 Å². The number of amidine groups is 2. The highest BCUT2D eigenvalue weighted by molar-refractivity contribution is 8.14. The molecule has 41 heavy (non-hydrogen) atoms. The van der Waals surface area contributed by atoms with Gasteiger partial charge < -0.3 is 15.1 Å². The Morgan fingerprint density at radius 3 is 2.46 bits per heavy atom. The first-order valence-electron chi connectivity index (χ1n) is 13.3. The summed E-state index contributed by atoms with van der Waals surface area (Å²) in [5.41, 5.74) is 3.11. The van der Waals surface area contributed by atoms with Gasteiger partial charge in [0.2, 0.25) is 11.8 Å². The Morgan fingerprint density at radius 1 is 0.927 bits per heavy atom. The van der Waals surface area contributed by atoms with Crippen LogP contribution in [-0.4, -0.2) is 76.5 Å². The van der Waals surface area contributed by atoms with Gasteiger partial charge in [-0.2, -0.15) is 4.99 Å². The number of anilines is 2. The van der Waals surface area contributed by atoms with Gasteiger partial charge in [0.15, 0.2) is 5.17 Å². The first kappa shape index (κ1) is 27.0. The van der Waals surface area contributed by atoms with Crippen LogP contribution in [0.1, 0.15) is 12.0 Å². The predicted octanol–water partition coefficient (Wildman–Crippen LogP) is 4.41. The molecule has 3 heterocycles. The van der Waals surface area contributed by atoms with E-state index >= 15 is 0 Å². The summed E-state index contributed by atoms with van der Waals surface area (Å²) < 4.78 is 0. The number of para-hydroxylation sites is 2. The quantitative estimate of drug-likeness (QED) is 0.460. The van der Waals surface area contributed by atoms with Crippen LogP contribution in [0.4, 0.5) is 17.1 Å². The van der Waals surface area contributed by atoms with Crippen LogP contribution in [0.15, 0.2) is 88.8 Å². The maximum absolute atomic E-state index is 13.4. The van der Waals surface area contributed by atoms with E-state index in [1.807, 2.05) is 47.4 Å². The molecule has 1 unspecified atom stereocenters. The minimum Gasteiger partial charge on any atom is -0.368 e. The van der Waals surface area contributed by atoms with Gasteiger partial charge in [-0.05, 0) is 42.5 Å². The predicted molar refractivity (Wildman–Crippen MR) is 163 cm³/mol. The number of thioether (sulfide) groups is 1. The number of nitrogens with one attached hydrogen (secondary N) is 1. The van der Waals surface area contributed by atoms with E-state index in [1.165, 1.54) is 11.8 Å². The van der Waals surface area contributed by atoms with Gasteiger partial charge in [0.1, 0.15) is 11.9 Å². The molecule has 1 fully saturated rings. The Bertz CT molecular complexity index is 1550. The maximum Gasteiger partial charge on any atom is 0.271 e. The highest BCUT2D eigenvalue weighted by Crippen LogP contribution is 2.35. The van der Waals surface area contributed by atoms with E-state index in [9.17, 15) is 14.4 Å². The van der Waals surface area contributed by atoms with E-state index in [4.69, 9.17) is 16.6 Å². The van der Waals surface area contributed by atoms with Crippen LogP contribution in [0, 0.1) is 0 Å². The van der Waals surface area contributed by atoms with Gasteiger partial charge in [-0.3, -0.25) is 19.3 Å². The lowest BCUT2D eigenvalue weighted by atomic mass is 10.1. The molecule has 3 aromatic carbocycles. The smallest absolute Gasteiger partial charge is 0.271 e. The summed E-state index contributed by atoms with van der Waals surface area (Å²) >= 11 is 7.24. The minimum absolute atomic E-state index is 0.0202. The van der Waals surface area contributed by atoms with Gasteiger partial charge in [-0.25, -0.2) is 4.99 Å². The molecule has 9 nitrogen and oxygen atoms in total. The molecule has 3 aliphatic heterocycles. The Labute approximate surface area is 246 Å². The van der Waals surface area contributed by atoms with E-state index in [-0.39, 0.29) is 29.9 Å². The second-order valence-electron chi connectivity index (χ2n) is 9.83. The van der Waals surface area contributed by atoms with Crippen LogP contribution in [0.25, 0.3) is 0 Å². The fourth-order valence-corrected chi connectivity index (χ4v) is 6.18. The average molecular weight is 587 g/mol. The second kappa shape index (κ2) is 11.8. The van der Waals surface area contributed by atoms with Gasteiger partial charge in [-0.1, -0.05) is 59.8 Å². The molecule has 0 bridgehead atoms. The zero-order valence-electron chi connectivity index (χ0n) is 22.1. The molecular formula is C30H27ClN6O3S. The number of fused-ring (bicyclic) bond motifs is 3. The SMILES string of the molecule is O=C(CSC1=Nc2ccccc2C2=NC(=O)C(CC(=O)N3CCN(c4ccccc4)CC3)N12)Nc1cccc(Cl)c1. The minimum atomic E-state index is -0.819. The van der Waals surface area contributed by atoms with Gasteiger partial charge in [0.05, 0.1) is 17.9 Å². The third-order valence-electron chi connectivity index (χ3n) is 7.17. The summed E-state index contributed by atoms with van der Waals surface area (Å²) in [4.78, 5) is 54.3. The summed E-state index contributed by atoms with van der Waals surface area (Å²) in [7, 11) is 0. The molecule has 3 aromatic rings. The number of piperazine rings is 1. The number of carbonyl (C=O) groups excluding carboxylic acids is 3. The number of aliphatic imine (C=N–C) groups is 2. The van der Waals surface area contributed by atoms with Crippen LogP contribution in [0.2, 0.25) is 5.02 Å². The number of rotatable bonds is 6. The van der Waals surface area contributed by atoms with Crippen molar-refractivity contribution in [1.82, 2.24) is 9.80 Å². The van der Waals surface area contributed by atoms with Crippen molar-refractivity contribution in [1.29, 1.82) is 0 Å². The first-order valence-corrected chi connectivity index (χ1v) is 14.7. The zero-order chi connectivity index (χ0) is 28.3. The van der Waals surface area contributed by atoms with Crippen molar-refractivity contribution in [3.05, 3.63) is 89.4 Å². The third kappa shape index (κ3) is 5.84. The van der Waals surface area contributed by atoms with Crippen LogP contribution >= 0.6 is 23.4 Å². The molecule has 11 heteroatoms. The molecule has 0 spiro atoms. The summed E-state index contributed by atoms with van der Waals surface area (Å²) in [6, 6.07) is 23.7. The Balaban J connectivity index is 1.15. The lowest BCUT2D eigenvalue weighted by Crippen LogP contribution is -2.51. The number of hydrogen-bond donors (Lipinski definition) is 1. The van der Waals surface area contributed by atoms with E-state index < -0.39 is 6.04 Å². The fourth-order valence-electron chi connectivity index (χ4n) is 5.14. The van der Waals surface area contributed by atoms with E-state index in [1.54, 1.807) is 29.2 Å². The molecule has 3 amide bonds. The number of nitrogens with zero attached hydrogens (tertiary/aromatic N) is 5.